The largest absolute Gasteiger partial charge is 0.495 e. The van der Waals surface area contributed by atoms with E-state index in [0.29, 0.717) is 11.4 Å². The van der Waals surface area contributed by atoms with E-state index in [9.17, 15) is 19.2 Å². The molecule has 0 aromatic heterocycles. The standard InChI is InChI=1S/C21H20N2O7/c1-11-3-4-17(30-2)16(5-11)23-10-14(9-18(23)24)19(25)22-15-7-12(20(26)27)6-13(8-15)21(28)29/h3-8,14H,9-10H2,1-2H3,(H,22,25)(H,26,27)(H,28,29). The normalized spacial score (nSPS) is 15.7. The Balaban J connectivity index is 1.81. The van der Waals surface area contributed by atoms with E-state index in [1.807, 2.05) is 13.0 Å². The number of nitrogens with one attached hydrogen (secondary N) is 1. The summed E-state index contributed by atoms with van der Waals surface area (Å²) in [6, 6.07) is 8.74. The predicted octanol–water partition coefficient (Wildman–Crippen LogP) is 2.39. The quantitative estimate of drug-likeness (QED) is 0.663. The van der Waals surface area contributed by atoms with Gasteiger partial charge in [-0.05, 0) is 42.8 Å². The summed E-state index contributed by atoms with van der Waals surface area (Å²) >= 11 is 0. The highest BCUT2D eigenvalue weighted by Crippen LogP contribution is 2.34. The Labute approximate surface area is 171 Å². The summed E-state index contributed by atoms with van der Waals surface area (Å²) in [6.07, 6.45) is -0.0344. The van der Waals surface area contributed by atoms with Crippen molar-refractivity contribution in [2.75, 3.05) is 23.9 Å². The number of carbonyl (C=O) groups is 4. The summed E-state index contributed by atoms with van der Waals surface area (Å²) in [4.78, 5) is 49.2. The molecule has 3 rings (SSSR count). The van der Waals surface area contributed by atoms with Crippen LogP contribution in [0.5, 0.6) is 5.75 Å². The van der Waals surface area contributed by atoms with E-state index >= 15 is 0 Å². The first-order valence-electron chi connectivity index (χ1n) is 9.07. The Hall–Kier alpha value is -3.88. The molecule has 30 heavy (non-hydrogen) atoms. The third-order valence-electron chi connectivity index (χ3n) is 4.82. The molecule has 2 aromatic rings. The van der Waals surface area contributed by atoms with Gasteiger partial charge in [-0.1, -0.05) is 6.07 Å². The lowest BCUT2D eigenvalue weighted by Crippen LogP contribution is -2.28. The predicted molar refractivity (Wildman–Crippen MR) is 107 cm³/mol. The SMILES string of the molecule is COc1ccc(C)cc1N1CC(C(=O)Nc2cc(C(=O)O)cc(C(=O)O)c2)CC1=O. The maximum absolute atomic E-state index is 12.7. The number of amides is 2. The minimum Gasteiger partial charge on any atom is -0.495 e. The second kappa shape index (κ2) is 8.24. The Bertz CT molecular complexity index is 1020. The van der Waals surface area contributed by atoms with Crippen molar-refractivity contribution < 1.29 is 34.1 Å². The highest BCUT2D eigenvalue weighted by Gasteiger charge is 2.36. The van der Waals surface area contributed by atoms with Gasteiger partial charge in [-0.15, -0.1) is 0 Å². The molecule has 1 fully saturated rings. The third kappa shape index (κ3) is 4.24. The van der Waals surface area contributed by atoms with Crippen LogP contribution >= 0.6 is 0 Å². The fraction of sp³-hybridized carbons (Fsp3) is 0.238. The topological polar surface area (TPSA) is 133 Å². The van der Waals surface area contributed by atoms with Gasteiger partial charge in [0.05, 0.1) is 29.8 Å². The third-order valence-corrected chi connectivity index (χ3v) is 4.82. The number of ether oxygens (including phenoxy) is 1. The zero-order valence-electron chi connectivity index (χ0n) is 16.3. The smallest absolute Gasteiger partial charge is 0.335 e. The monoisotopic (exact) mass is 412 g/mol. The van der Waals surface area contributed by atoms with Crippen LogP contribution in [0.25, 0.3) is 0 Å². The van der Waals surface area contributed by atoms with Gasteiger partial charge >= 0.3 is 11.9 Å². The van der Waals surface area contributed by atoms with Gasteiger partial charge in [-0.25, -0.2) is 9.59 Å². The number of methoxy groups -OCH3 is 1. The van der Waals surface area contributed by atoms with Gasteiger partial charge in [-0.3, -0.25) is 9.59 Å². The summed E-state index contributed by atoms with van der Waals surface area (Å²) in [5.74, 6) is -3.56. The van der Waals surface area contributed by atoms with Crippen molar-refractivity contribution in [3.63, 3.8) is 0 Å². The summed E-state index contributed by atoms with van der Waals surface area (Å²) in [7, 11) is 1.49. The molecule has 1 heterocycles. The summed E-state index contributed by atoms with van der Waals surface area (Å²) < 4.78 is 5.32. The molecule has 1 saturated heterocycles. The maximum atomic E-state index is 12.7. The van der Waals surface area contributed by atoms with E-state index in [-0.39, 0.29) is 35.7 Å². The van der Waals surface area contributed by atoms with E-state index in [1.165, 1.54) is 24.1 Å². The minimum atomic E-state index is -1.32. The zero-order chi connectivity index (χ0) is 22.0. The molecule has 1 unspecified atom stereocenters. The summed E-state index contributed by atoms with van der Waals surface area (Å²) in [5.41, 5.74) is 1.01. The lowest BCUT2D eigenvalue weighted by Gasteiger charge is -2.20. The average Bonchev–Trinajstić information content (AvgIpc) is 3.09. The number of hydrogen-bond donors (Lipinski definition) is 3. The van der Waals surface area contributed by atoms with Gasteiger partial charge in [0.25, 0.3) is 0 Å². The lowest BCUT2D eigenvalue weighted by atomic mass is 10.1. The molecule has 9 heteroatoms. The molecular formula is C21H20N2O7. The van der Waals surface area contributed by atoms with Crippen LogP contribution in [0.3, 0.4) is 0 Å². The number of rotatable bonds is 6. The average molecular weight is 412 g/mol. The number of anilines is 2. The number of carbonyl (C=O) groups excluding carboxylic acids is 2. The molecule has 156 valence electrons. The maximum Gasteiger partial charge on any atom is 0.335 e. The Kier molecular flexibility index (Phi) is 5.72. The first-order valence-corrected chi connectivity index (χ1v) is 9.07. The van der Waals surface area contributed by atoms with Gasteiger partial charge in [0, 0.05) is 18.7 Å². The lowest BCUT2D eigenvalue weighted by molar-refractivity contribution is -0.122. The van der Waals surface area contributed by atoms with Crippen molar-refractivity contribution in [3.05, 3.63) is 53.1 Å². The molecule has 0 bridgehead atoms. The first-order chi connectivity index (χ1) is 14.2. The van der Waals surface area contributed by atoms with E-state index in [4.69, 9.17) is 14.9 Å². The van der Waals surface area contributed by atoms with Gasteiger partial charge in [0.1, 0.15) is 5.75 Å². The van der Waals surface area contributed by atoms with Crippen LogP contribution in [-0.2, 0) is 9.59 Å². The molecule has 0 radical (unpaired) electrons. The van der Waals surface area contributed by atoms with E-state index in [2.05, 4.69) is 5.32 Å². The molecule has 2 aromatic carbocycles. The van der Waals surface area contributed by atoms with Crippen LogP contribution in [0.4, 0.5) is 11.4 Å². The Morgan fingerprint density at radius 2 is 1.70 bits per heavy atom. The van der Waals surface area contributed by atoms with Crippen molar-refractivity contribution >= 4 is 35.1 Å². The number of hydrogen-bond acceptors (Lipinski definition) is 5. The second-order valence-corrected chi connectivity index (χ2v) is 6.98. The van der Waals surface area contributed by atoms with E-state index < -0.39 is 23.8 Å². The fourth-order valence-corrected chi connectivity index (χ4v) is 3.32. The highest BCUT2D eigenvalue weighted by atomic mass is 16.5. The van der Waals surface area contributed by atoms with Gasteiger partial charge in [0.15, 0.2) is 0 Å². The van der Waals surface area contributed by atoms with Crippen LogP contribution in [0.1, 0.15) is 32.7 Å². The highest BCUT2D eigenvalue weighted by molar-refractivity contribution is 6.05. The molecule has 3 N–H and O–H groups in total. The van der Waals surface area contributed by atoms with Crippen molar-refractivity contribution in [3.8, 4) is 5.75 Å². The minimum absolute atomic E-state index is 0.0344. The summed E-state index contributed by atoms with van der Waals surface area (Å²) in [6.45, 7) is 2.00. The zero-order valence-corrected chi connectivity index (χ0v) is 16.3. The summed E-state index contributed by atoms with van der Waals surface area (Å²) in [5, 5.41) is 20.9. The number of carboxylic acid groups (broad SMARTS) is 2. The molecule has 0 aliphatic carbocycles. The van der Waals surface area contributed by atoms with E-state index in [0.717, 1.165) is 11.6 Å². The van der Waals surface area contributed by atoms with Gasteiger partial charge < -0.3 is 25.2 Å². The first kappa shape index (κ1) is 20.8. The van der Waals surface area contributed by atoms with Crippen molar-refractivity contribution in [1.82, 2.24) is 0 Å². The Morgan fingerprint density at radius 3 is 2.27 bits per heavy atom. The van der Waals surface area contributed by atoms with Crippen LogP contribution in [0.2, 0.25) is 0 Å². The molecule has 0 saturated carbocycles. The molecule has 0 spiro atoms. The van der Waals surface area contributed by atoms with Gasteiger partial charge in [-0.2, -0.15) is 0 Å². The van der Waals surface area contributed by atoms with Crippen LogP contribution in [0.15, 0.2) is 36.4 Å². The van der Waals surface area contributed by atoms with Crippen LogP contribution < -0.4 is 15.0 Å². The van der Waals surface area contributed by atoms with E-state index in [1.54, 1.807) is 12.1 Å². The molecule has 1 atom stereocenters. The number of aromatic carboxylic acids is 2. The molecule has 1 aliphatic rings. The number of aryl methyl sites for hydroxylation is 1. The van der Waals surface area contributed by atoms with Crippen LogP contribution in [-0.4, -0.2) is 47.6 Å². The Morgan fingerprint density at radius 1 is 1.07 bits per heavy atom. The molecule has 1 aliphatic heterocycles. The number of nitrogens with zero attached hydrogens (tertiary/aromatic N) is 1. The number of benzene rings is 2. The fourth-order valence-electron chi connectivity index (χ4n) is 3.32. The van der Waals surface area contributed by atoms with Crippen molar-refractivity contribution in [2.45, 2.75) is 13.3 Å². The van der Waals surface area contributed by atoms with Gasteiger partial charge in [0.2, 0.25) is 11.8 Å². The molecule has 2 amide bonds. The van der Waals surface area contributed by atoms with Crippen LogP contribution in [0, 0.1) is 12.8 Å². The number of carboxylic acids is 2. The van der Waals surface area contributed by atoms with Crippen molar-refractivity contribution in [2.24, 2.45) is 5.92 Å². The second-order valence-electron chi connectivity index (χ2n) is 6.98. The molecular weight excluding hydrogens is 392 g/mol. The van der Waals surface area contributed by atoms with Crippen molar-refractivity contribution in [1.29, 1.82) is 0 Å². The molecule has 9 nitrogen and oxygen atoms in total.